The van der Waals surface area contributed by atoms with Crippen LogP contribution in [0, 0.1) is 5.92 Å². The molecular formula is C14H18N4OS. The summed E-state index contributed by atoms with van der Waals surface area (Å²) >= 11 is 1.68. The molecule has 2 saturated heterocycles. The fraction of sp³-hybridized carbons (Fsp3) is 0.571. The summed E-state index contributed by atoms with van der Waals surface area (Å²) in [6.07, 6.45) is 1.69. The molecule has 2 aromatic heterocycles. The van der Waals surface area contributed by atoms with E-state index in [0.717, 1.165) is 43.5 Å². The van der Waals surface area contributed by atoms with Gasteiger partial charge in [0.2, 0.25) is 0 Å². The molecule has 20 heavy (non-hydrogen) atoms. The number of thiophene rings is 1. The molecule has 4 rings (SSSR count). The van der Waals surface area contributed by atoms with Crippen molar-refractivity contribution in [3.05, 3.63) is 17.8 Å². The average Bonchev–Trinajstić information content (AvgIpc) is 2.76. The minimum absolute atomic E-state index is 0.450. The smallest absolute Gasteiger partial charge is 0.140 e. The molecule has 0 saturated carbocycles. The summed E-state index contributed by atoms with van der Waals surface area (Å²) in [6, 6.07) is 2.59. The largest absolute Gasteiger partial charge is 0.379 e. The molecule has 106 valence electrons. The number of aromatic nitrogens is 2. The molecular weight excluding hydrogens is 272 g/mol. The van der Waals surface area contributed by atoms with Crippen molar-refractivity contribution < 1.29 is 4.74 Å². The van der Waals surface area contributed by atoms with E-state index in [1.54, 1.807) is 17.7 Å². The zero-order valence-electron chi connectivity index (χ0n) is 11.5. The lowest BCUT2D eigenvalue weighted by Gasteiger charge is -2.30. The number of likely N-dealkylation sites (N-methyl/N-ethyl adjacent to an activating group) is 1. The van der Waals surface area contributed by atoms with Gasteiger partial charge in [0.25, 0.3) is 0 Å². The third-order valence-corrected chi connectivity index (χ3v) is 5.10. The summed E-state index contributed by atoms with van der Waals surface area (Å²) in [5.74, 6) is 1.64. The van der Waals surface area contributed by atoms with Gasteiger partial charge in [0.15, 0.2) is 0 Å². The highest BCUT2D eigenvalue weighted by molar-refractivity contribution is 7.16. The van der Waals surface area contributed by atoms with Crippen LogP contribution in [0.1, 0.15) is 0 Å². The van der Waals surface area contributed by atoms with Crippen LogP contribution in [0.3, 0.4) is 0 Å². The summed E-state index contributed by atoms with van der Waals surface area (Å²) in [4.78, 5) is 14.9. The second kappa shape index (κ2) is 4.95. The van der Waals surface area contributed by atoms with E-state index < -0.39 is 0 Å². The first-order valence-electron chi connectivity index (χ1n) is 7.02. The van der Waals surface area contributed by atoms with Gasteiger partial charge in [-0.15, -0.1) is 11.3 Å². The molecule has 0 unspecified atom stereocenters. The van der Waals surface area contributed by atoms with Crippen molar-refractivity contribution in [2.75, 3.05) is 44.8 Å². The van der Waals surface area contributed by atoms with E-state index in [2.05, 4.69) is 38.3 Å². The van der Waals surface area contributed by atoms with Crippen LogP contribution in [0.4, 0.5) is 5.82 Å². The Morgan fingerprint density at radius 2 is 2.20 bits per heavy atom. The van der Waals surface area contributed by atoms with E-state index in [4.69, 9.17) is 4.74 Å². The molecule has 2 aliphatic rings. The molecule has 2 fully saturated rings. The van der Waals surface area contributed by atoms with E-state index in [1.807, 2.05) is 0 Å². The fourth-order valence-corrected chi connectivity index (χ4v) is 3.98. The van der Waals surface area contributed by atoms with Gasteiger partial charge in [0.1, 0.15) is 17.0 Å². The molecule has 0 N–H and O–H groups in total. The Labute approximate surface area is 122 Å². The summed E-state index contributed by atoms with van der Waals surface area (Å²) < 4.78 is 5.79. The van der Waals surface area contributed by atoms with Crippen LogP contribution < -0.4 is 4.90 Å². The highest BCUT2D eigenvalue weighted by Gasteiger charge is 2.32. The van der Waals surface area contributed by atoms with Crippen LogP contribution in [0.25, 0.3) is 10.2 Å². The predicted molar refractivity (Wildman–Crippen MR) is 80.4 cm³/mol. The minimum Gasteiger partial charge on any atom is -0.379 e. The van der Waals surface area contributed by atoms with E-state index in [0.29, 0.717) is 12.0 Å². The van der Waals surface area contributed by atoms with Crippen molar-refractivity contribution >= 4 is 27.4 Å². The highest BCUT2D eigenvalue weighted by atomic mass is 32.1. The Morgan fingerprint density at radius 3 is 3.15 bits per heavy atom. The molecule has 0 aromatic carbocycles. The fourth-order valence-electron chi connectivity index (χ4n) is 3.25. The normalized spacial score (nSPS) is 27.8. The van der Waals surface area contributed by atoms with Crippen molar-refractivity contribution in [1.82, 2.24) is 14.9 Å². The van der Waals surface area contributed by atoms with E-state index >= 15 is 0 Å². The van der Waals surface area contributed by atoms with Crippen LogP contribution >= 0.6 is 11.3 Å². The number of hydrogen-bond donors (Lipinski definition) is 0. The van der Waals surface area contributed by atoms with Gasteiger partial charge in [-0.05, 0) is 18.5 Å². The Bertz CT molecular complexity index is 616. The first-order chi connectivity index (χ1) is 9.81. The van der Waals surface area contributed by atoms with Gasteiger partial charge < -0.3 is 9.64 Å². The quantitative estimate of drug-likeness (QED) is 0.795. The first kappa shape index (κ1) is 12.5. The average molecular weight is 290 g/mol. The van der Waals surface area contributed by atoms with Crippen molar-refractivity contribution in [3.8, 4) is 0 Å². The summed E-state index contributed by atoms with van der Waals surface area (Å²) in [7, 11) is 2.20. The second-order valence-corrected chi connectivity index (χ2v) is 6.63. The highest BCUT2D eigenvalue weighted by Crippen LogP contribution is 2.29. The zero-order chi connectivity index (χ0) is 13.5. The maximum absolute atomic E-state index is 5.79. The van der Waals surface area contributed by atoms with Gasteiger partial charge in [-0.2, -0.15) is 0 Å². The van der Waals surface area contributed by atoms with Crippen molar-refractivity contribution in [3.63, 3.8) is 0 Å². The molecule has 0 radical (unpaired) electrons. The topological polar surface area (TPSA) is 41.5 Å². The van der Waals surface area contributed by atoms with Gasteiger partial charge >= 0.3 is 0 Å². The maximum atomic E-state index is 5.79. The monoisotopic (exact) mass is 290 g/mol. The van der Waals surface area contributed by atoms with Gasteiger partial charge in [0.05, 0.1) is 24.6 Å². The molecule has 4 heterocycles. The van der Waals surface area contributed by atoms with E-state index in [-0.39, 0.29) is 0 Å². The van der Waals surface area contributed by atoms with Gasteiger partial charge in [-0.3, -0.25) is 4.90 Å². The lowest BCUT2D eigenvalue weighted by molar-refractivity contribution is 0.0930. The number of nitrogens with zero attached hydrogens (tertiary/aromatic N) is 4. The second-order valence-electron chi connectivity index (χ2n) is 5.74. The molecule has 6 heteroatoms. The van der Waals surface area contributed by atoms with E-state index in [9.17, 15) is 0 Å². The van der Waals surface area contributed by atoms with Gasteiger partial charge in [0, 0.05) is 25.6 Å². The number of rotatable bonds is 1. The van der Waals surface area contributed by atoms with Crippen LogP contribution in [0.15, 0.2) is 17.8 Å². The maximum Gasteiger partial charge on any atom is 0.140 e. The molecule has 0 aliphatic carbocycles. The standard InChI is InChI=1S/C14H18N4OS/c1-17-4-10-5-18(6-11(17)8-19-7-10)13-12-2-3-20-14(12)16-9-15-13/h2-3,9-11H,4-8H2,1H3/t10-,11+/m1/s1. The Hall–Kier alpha value is -1.24. The number of fused-ring (bicyclic) bond motifs is 4. The molecule has 2 aromatic rings. The lowest BCUT2D eigenvalue weighted by atomic mass is 10.1. The zero-order valence-corrected chi connectivity index (χ0v) is 12.3. The molecule has 0 amide bonds. The molecule has 5 nitrogen and oxygen atoms in total. The Morgan fingerprint density at radius 1 is 1.25 bits per heavy atom. The van der Waals surface area contributed by atoms with Crippen molar-refractivity contribution in [1.29, 1.82) is 0 Å². The number of hydrogen-bond acceptors (Lipinski definition) is 6. The lowest BCUT2D eigenvalue weighted by Crippen LogP contribution is -2.42. The molecule has 2 aliphatic heterocycles. The van der Waals surface area contributed by atoms with Crippen LogP contribution in [0.2, 0.25) is 0 Å². The molecule has 0 spiro atoms. The minimum atomic E-state index is 0.450. The first-order valence-corrected chi connectivity index (χ1v) is 7.90. The van der Waals surface area contributed by atoms with Gasteiger partial charge in [-0.25, -0.2) is 9.97 Å². The van der Waals surface area contributed by atoms with Crippen molar-refractivity contribution in [2.45, 2.75) is 6.04 Å². The third-order valence-electron chi connectivity index (χ3n) is 4.28. The summed E-state index contributed by atoms with van der Waals surface area (Å²) in [6.45, 7) is 4.79. The third kappa shape index (κ3) is 2.08. The summed E-state index contributed by atoms with van der Waals surface area (Å²) in [5.41, 5.74) is 0. The van der Waals surface area contributed by atoms with Crippen molar-refractivity contribution in [2.24, 2.45) is 5.92 Å². The number of ether oxygens (including phenoxy) is 1. The van der Waals surface area contributed by atoms with Gasteiger partial charge in [-0.1, -0.05) is 0 Å². The van der Waals surface area contributed by atoms with Crippen LogP contribution in [0.5, 0.6) is 0 Å². The SMILES string of the molecule is CN1C[C@H]2COC[C@@H]1CN(c1ncnc3sccc13)C2. The Kier molecular flexibility index (Phi) is 3.09. The van der Waals surface area contributed by atoms with Crippen LogP contribution in [-0.4, -0.2) is 60.8 Å². The van der Waals surface area contributed by atoms with E-state index in [1.165, 1.54) is 5.39 Å². The van der Waals surface area contributed by atoms with Crippen LogP contribution in [-0.2, 0) is 4.74 Å². The number of anilines is 1. The molecule has 2 bridgehead atoms. The predicted octanol–water partition coefficient (Wildman–Crippen LogP) is 1.46. The molecule has 2 atom stereocenters. The Balaban J connectivity index is 1.73. The summed E-state index contributed by atoms with van der Waals surface area (Å²) in [5, 5.41) is 3.28.